The molecule has 0 aliphatic heterocycles. The van der Waals surface area contributed by atoms with Gasteiger partial charge in [-0.3, -0.25) is 4.79 Å². The van der Waals surface area contributed by atoms with Crippen LogP contribution in [0.4, 0.5) is 0 Å². The molecule has 0 aliphatic rings. The fraction of sp³-hybridized carbons (Fsp3) is 0.240. The van der Waals surface area contributed by atoms with Gasteiger partial charge in [-0.05, 0) is 23.6 Å². The number of nitrogens with zero attached hydrogens (tertiary/aromatic N) is 1. The minimum atomic E-state index is -0.993. The van der Waals surface area contributed by atoms with E-state index in [-0.39, 0.29) is 12.3 Å². The zero-order chi connectivity index (χ0) is 22.3. The number of aromatic nitrogens is 1. The molecule has 6 nitrogen and oxygen atoms in total. The van der Waals surface area contributed by atoms with Crippen LogP contribution in [0, 0.1) is 0 Å². The quantitative estimate of drug-likeness (QED) is 0.568. The Labute approximate surface area is 182 Å². The zero-order valence-corrected chi connectivity index (χ0v) is 17.9. The van der Waals surface area contributed by atoms with Gasteiger partial charge in [0.05, 0.1) is 19.6 Å². The number of ether oxygens (including phenoxy) is 2. The molecule has 0 radical (unpaired) electrons. The monoisotopic (exact) mass is 418 g/mol. The molecular weight excluding hydrogens is 392 g/mol. The summed E-state index contributed by atoms with van der Waals surface area (Å²) >= 11 is 0. The molecule has 0 unspecified atom stereocenters. The number of rotatable bonds is 8. The molecule has 1 N–H and O–H groups in total. The summed E-state index contributed by atoms with van der Waals surface area (Å²) in [7, 11) is 2.84. The summed E-state index contributed by atoms with van der Waals surface area (Å²) in [4.78, 5) is 30.3. The predicted molar refractivity (Wildman–Crippen MR) is 118 cm³/mol. The van der Waals surface area contributed by atoms with Gasteiger partial charge in [0.15, 0.2) is 0 Å². The maximum Gasteiger partial charge on any atom is 0.328 e. The van der Waals surface area contributed by atoms with Gasteiger partial charge in [0.1, 0.15) is 6.04 Å². The standard InChI is InChI=1S/C25H26N2O4/c1-25(19-10-6-4-7-11-19,20-12-8-5-9-13-20)24(29)27-21(23(28)31-3)16-18-14-15-22(30-2)26-17-18/h4-15,17,21H,16H2,1-3H3,(H,27,29)/t21-/m0/s1. The summed E-state index contributed by atoms with van der Waals surface area (Å²) in [5.74, 6) is -0.336. The molecule has 1 heterocycles. The number of nitrogens with one attached hydrogen (secondary N) is 1. The van der Waals surface area contributed by atoms with Crippen LogP contribution in [0.25, 0.3) is 0 Å². The van der Waals surface area contributed by atoms with Crippen LogP contribution in [0.2, 0.25) is 0 Å². The molecule has 0 saturated heterocycles. The summed E-state index contributed by atoms with van der Waals surface area (Å²) in [5.41, 5.74) is 1.44. The van der Waals surface area contributed by atoms with E-state index in [4.69, 9.17) is 9.47 Å². The number of hydrogen-bond acceptors (Lipinski definition) is 5. The maximum absolute atomic E-state index is 13.6. The van der Waals surface area contributed by atoms with E-state index in [9.17, 15) is 9.59 Å². The molecule has 6 heteroatoms. The van der Waals surface area contributed by atoms with Crippen LogP contribution in [0.15, 0.2) is 79.0 Å². The van der Waals surface area contributed by atoms with Crippen molar-refractivity contribution in [3.05, 3.63) is 95.7 Å². The summed E-state index contributed by atoms with van der Waals surface area (Å²) < 4.78 is 10.0. The van der Waals surface area contributed by atoms with Crippen molar-refractivity contribution >= 4 is 11.9 Å². The Hall–Kier alpha value is -3.67. The summed E-state index contributed by atoms with van der Waals surface area (Å²) in [6, 6.07) is 21.7. The number of esters is 1. The Bertz CT molecular complexity index is 965. The van der Waals surface area contributed by atoms with Crippen LogP contribution < -0.4 is 10.1 Å². The molecule has 3 rings (SSSR count). The third-order valence-electron chi connectivity index (χ3n) is 5.39. The maximum atomic E-state index is 13.6. The van der Waals surface area contributed by atoms with Gasteiger partial charge in [-0.1, -0.05) is 66.7 Å². The lowest BCUT2D eigenvalue weighted by atomic mass is 9.75. The third-order valence-corrected chi connectivity index (χ3v) is 5.39. The van der Waals surface area contributed by atoms with Crippen molar-refractivity contribution in [2.45, 2.75) is 24.8 Å². The molecule has 1 atom stereocenters. The number of methoxy groups -OCH3 is 2. The van der Waals surface area contributed by atoms with Crippen molar-refractivity contribution in [1.82, 2.24) is 10.3 Å². The normalized spacial score (nSPS) is 12.0. The first-order valence-electron chi connectivity index (χ1n) is 9.97. The second-order valence-electron chi connectivity index (χ2n) is 7.32. The van der Waals surface area contributed by atoms with Crippen molar-refractivity contribution in [1.29, 1.82) is 0 Å². The molecule has 31 heavy (non-hydrogen) atoms. The van der Waals surface area contributed by atoms with Gasteiger partial charge >= 0.3 is 5.97 Å². The lowest BCUT2D eigenvalue weighted by Gasteiger charge is -2.31. The van der Waals surface area contributed by atoms with E-state index in [1.54, 1.807) is 12.3 Å². The average Bonchev–Trinajstić information content (AvgIpc) is 2.84. The highest BCUT2D eigenvalue weighted by Crippen LogP contribution is 2.32. The predicted octanol–water partition coefficient (Wildman–Crippen LogP) is 3.30. The third kappa shape index (κ3) is 4.91. The molecule has 160 valence electrons. The molecular formula is C25H26N2O4. The molecule has 1 aromatic heterocycles. The molecule has 0 saturated carbocycles. The van der Waals surface area contributed by atoms with Crippen LogP contribution in [0.3, 0.4) is 0 Å². The Balaban J connectivity index is 1.92. The van der Waals surface area contributed by atoms with Crippen LogP contribution in [-0.2, 0) is 26.2 Å². The molecule has 1 amide bonds. The summed E-state index contributed by atoms with van der Waals surface area (Å²) in [6.45, 7) is 1.86. The molecule has 0 bridgehead atoms. The number of carbonyl (C=O) groups excluding carboxylic acids is 2. The van der Waals surface area contributed by atoms with E-state index < -0.39 is 17.4 Å². The van der Waals surface area contributed by atoms with Crippen LogP contribution in [0.5, 0.6) is 5.88 Å². The minimum absolute atomic E-state index is 0.245. The second kappa shape index (κ2) is 9.89. The highest BCUT2D eigenvalue weighted by molar-refractivity contribution is 5.94. The topological polar surface area (TPSA) is 77.5 Å². The van der Waals surface area contributed by atoms with Crippen molar-refractivity contribution in [2.24, 2.45) is 0 Å². The largest absolute Gasteiger partial charge is 0.481 e. The number of carbonyl (C=O) groups is 2. The van der Waals surface area contributed by atoms with Crippen molar-refractivity contribution in [3.8, 4) is 5.88 Å². The van der Waals surface area contributed by atoms with E-state index >= 15 is 0 Å². The van der Waals surface area contributed by atoms with Crippen LogP contribution in [0.1, 0.15) is 23.6 Å². The highest BCUT2D eigenvalue weighted by Gasteiger charge is 2.39. The first-order valence-corrected chi connectivity index (χ1v) is 9.97. The number of hydrogen-bond donors (Lipinski definition) is 1. The fourth-order valence-electron chi connectivity index (χ4n) is 3.50. The zero-order valence-electron chi connectivity index (χ0n) is 17.9. The van der Waals surface area contributed by atoms with Gasteiger partial charge in [0, 0.05) is 18.7 Å². The first kappa shape index (κ1) is 22.0. The van der Waals surface area contributed by atoms with E-state index in [0.717, 1.165) is 16.7 Å². The summed E-state index contributed by atoms with van der Waals surface area (Å²) in [6.07, 6.45) is 1.86. The second-order valence-corrected chi connectivity index (χ2v) is 7.32. The van der Waals surface area contributed by atoms with Crippen molar-refractivity contribution in [3.63, 3.8) is 0 Å². The van der Waals surface area contributed by atoms with Gasteiger partial charge in [-0.2, -0.15) is 0 Å². The van der Waals surface area contributed by atoms with Crippen LogP contribution in [-0.4, -0.2) is 37.1 Å². The fourth-order valence-corrected chi connectivity index (χ4v) is 3.50. The van der Waals surface area contributed by atoms with E-state index in [1.165, 1.54) is 14.2 Å². The molecule has 0 fully saturated rings. The SMILES string of the molecule is COC(=O)[C@H](Cc1ccc(OC)nc1)NC(=O)C(C)(c1ccccc1)c1ccccc1. The Morgan fingerprint density at radius 3 is 1.97 bits per heavy atom. The number of amides is 1. The molecule has 0 spiro atoms. The minimum Gasteiger partial charge on any atom is -0.481 e. The number of benzene rings is 2. The molecule has 0 aliphatic carbocycles. The summed E-state index contributed by atoms with van der Waals surface area (Å²) in [5, 5.41) is 2.91. The Kier molecular flexibility index (Phi) is 7.03. The van der Waals surface area contributed by atoms with Gasteiger partial charge < -0.3 is 14.8 Å². The Morgan fingerprint density at radius 1 is 0.935 bits per heavy atom. The van der Waals surface area contributed by atoms with E-state index in [1.807, 2.05) is 73.7 Å². The number of pyridine rings is 1. The van der Waals surface area contributed by atoms with Gasteiger partial charge in [-0.25, -0.2) is 9.78 Å². The van der Waals surface area contributed by atoms with Gasteiger partial charge in [-0.15, -0.1) is 0 Å². The van der Waals surface area contributed by atoms with Crippen molar-refractivity contribution < 1.29 is 19.1 Å². The lowest BCUT2D eigenvalue weighted by molar-refractivity contribution is -0.145. The van der Waals surface area contributed by atoms with Crippen LogP contribution >= 0.6 is 0 Å². The molecule has 3 aromatic rings. The van der Waals surface area contributed by atoms with E-state index in [2.05, 4.69) is 10.3 Å². The highest BCUT2D eigenvalue weighted by atomic mass is 16.5. The Morgan fingerprint density at radius 2 is 1.52 bits per heavy atom. The smallest absolute Gasteiger partial charge is 0.328 e. The first-order chi connectivity index (χ1) is 15.0. The average molecular weight is 418 g/mol. The van der Waals surface area contributed by atoms with Gasteiger partial charge in [0.2, 0.25) is 11.8 Å². The lowest BCUT2D eigenvalue weighted by Crippen LogP contribution is -2.51. The molecule has 2 aromatic carbocycles. The van der Waals surface area contributed by atoms with Gasteiger partial charge in [0.25, 0.3) is 0 Å². The van der Waals surface area contributed by atoms with Crippen molar-refractivity contribution in [2.75, 3.05) is 14.2 Å². The van der Waals surface area contributed by atoms with E-state index in [0.29, 0.717) is 5.88 Å².